The van der Waals surface area contributed by atoms with Gasteiger partial charge in [-0.2, -0.15) is 0 Å². The van der Waals surface area contributed by atoms with Crippen LogP contribution in [0.3, 0.4) is 0 Å². The number of rotatable bonds is 5. The van der Waals surface area contributed by atoms with Gasteiger partial charge in [-0.3, -0.25) is 4.79 Å². The third kappa shape index (κ3) is 4.73. The van der Waals surface area contributed by atoms with Crippen molar-refractivity contribution in [3.8, 4) is 16.9 Å². The van der Waals surface area contributed by atoms with Gasteiger partial charge >= 0.3 is 0 Å². The normalized spacial score (nSPS) is 17.7. The van der Waals surface area contributed by atoms with E-state index in [-0.39, 0.29) is 35.6 Å². The number of hydrogen-bond acceptors (Lipinski definition) is 6. The molecule has 160 valence electrons. The topological polar surface area (TPSA) is 76.6 Å². The van der Waals surface area contributed by atoms with E-state index < -0.39 is 11.6 Å². The summed E-state index contributed by atoms with van der Waals surface area (Å²) in [5.41, 5.74) is 0.695. The van der Waals surface area contributed by atoms with Gasteiger partial charge in [0, 0.05) is 31.0 Å². The number of halogens is 2. The minimum Gasteiger partial charge on any atom is -0.487 e. The van der Waals surface area contributed by atoms with Crippen molar-refractivity contribution in [2.75, 3.05) is 46.0 Å². The number of morpholine rings is 1. The first kappa shape index (κ1) is 20.6. The highest BCUT2D eigenvalue weighted by atomic mass is 19.1. The van der Waals surface area contributed by atoms with Gasteiger partial charge in [-0.05, 0) is 49.5 Å². The van der Waals surface area contributed by atoms with Crippen LogP contribution >= 0.6 is 0 Å². The van der Waals surface area contributed by atoms with E-state index in [0.29, 0.717) is 31.9 Å². The fourth-order valence-corrected chi connectivity index (χ4v) is 3.61. The van der Waals surface area contributed by atoms with Crippen LogP contribution in [-0.2, 0) is 4.74 Å². The molecule has 30 heavy (non-hydrogen) atoms. The Morgan fingerprint density at radius 1 is 1.10 bits per heavy atom. The Morgan fingerprint density at radius 2 is 1.73 bits per heavy atom. The summed E-state index contributed by atoms with van der Waals surface area (Å²) >= 11 is 0. The molecule has 2 saturated heterocycles. The number of nitrogens with zero attached hydrogens (tertiary/aromatic N) is 3. The summed E-state index contributed by atoms with van der Waals surface area (Å²) in [5.74, 6) is -1.86. The summed E-state index contributed by atoms with van der Waals surface area (Å²) in [5, 5.41) is 3.25. The lowest BCUT2D eigenvalue weighted by atomic mass is 9.99. The third-order valence-electron chi connectivity index (χ3n) is 5.40. The molecule has 2 aliphatic heterocycles. The van der Waals surface area contributed by atoms with Gasteiger partial charge in [0.2, 0.25) is 5.82 Å². The third-order valence-corrected chi connectivity index (χ3v) is 5.40. The van der Waals surface area contributed by atoms with E-state index >= 15 is 0 Å². The zero-order valence-corrected chi connectivity index (χ0v) is 16.6. The Bertz CT molecular complexity index is 859. The van der Waals surface area contributed by atoms with Gasteiger partial charge < -0.3 is 19.7 Å². The molecule has 0 atom stereocenters. The molecule has 2 fully saturated rings. The number of carbonyl (C=O) groups excluding carboxylic acids is 1. The number of amides is 1. The van der Waals surface area contributed by atoms with E-state index in [1.165, 1.54) is 24.5 Å². The molecule has 2 aromatic rings. The first-order valence-electron chi connectivity index (χ1n) is 10.1. The SMILES string of the molecule is O=C(c1ncc(-c2cc(F)c(OCC3CCNCC3)c(F)c2)cn1)N1CCOCC1. The summed E-state index contributed by atoms with van der Waals surface area (Å²) < 4.78 is 39.7. The molecule has 1 aromatic carbocycles. The molecule has 4 rings (SSSR count). The monoisotopic (exact) mass is 418 g/mol. The van der Waals surface area contributed by atoms with Gasteiger partial charge in [-0.1, -0.05) is 0 Å². The molecule has 0 saturated carbocycles. The van der Waals surface area contributed by atoms with Crippen molar-refractivity contribution in [3.63, 3.8) is 0 Å². The molecule has 1 amide bonds. The Labute approximate surface area is 173 Å². The molecule has 0 aliphatic carbocycles. The van der Waals surface area contributed by atoms with Crippen LogP contribution in [0.2, 0.25) is 0 Å². The molecule has 7 nitrogen and oxygen atoms in total. The van der Waals surface area contributed by atoms with Crippen LogP contribution in [0.25, 0.3) is 11.1 Å². The van der Waals surface area contributed by atoms with Crippen LogP contribution < -0.4 is 10.1 Å². The van der Waals surface area contributed by atoms with Gasteiger partial charge in [0.25, 0.3) is 5.91 Å². The molecule has 0 unspecified atom stereocenters. The van der Waals surface area contributed by atoms with Crippen LogP contribution in [0.4, 0.5) is 8.78 Å². The number of aromatic nitrogens is 2. The first-order valence-corrected chi connectivity index (χ1v) is 10.1. The van der Waals surface area contributed by atoms with Crippen LogP contribution in [0.1, 0.15) is 23.5 Å². The predicted molar refractivity (Wildman–Crippen MR) is 105 cm³/mol. The average molecular weight is 418 g/mol. The second-order valence-corrected chi connectivity index (χ2v) is 7.47. The fourth-order valence-electron chi connectivity index (χ4n) is 3.61. The van der Waals surface area contributed by atoms with Crippen molar-refractivity contribution in [3.05, 3.63) is 42.0 Å². The van der Waals surface area contributed by atoms with Crippen LogP contribution in [0.15, 0.2) is 24.5 Å². The Hall–Kier alpha value is -2.65. The molecule has 3 heterocycles. The predicted octanol–water partition coefficient (Wildman–Crippen LogP) is 2.27. The van der Waals surface area contributed by atoms with E-state index in [0.717, 1.165) is 25.9 Å². The van der Waals surface area contributed by atoms with Gasteiger partial charge in [0.1, 0.15) is 0 Å². The van der Waals surface area contributed by atoms with Crippen LogP contribution in [0.5, 0.6) is 5.75 Å². The van der Waals surface area contributed by atoms with Crippen LogP contribution in [0, 0.1) is 17.6 Å². The van der Waals surface area contributed by atoms with Crippen LogP contribution in [-0.4, -0.2) is 66.8 Å². The standard InChI is InChI=1S/C21H24F2N4O3/c22-17-9-15(10-18(23)19(17)30-13-14-1-3-24-4-2-14)16-11-25-20(26-12-16)21(28)27-5-7-29-8-6-27/h9-12,14,24H,1-8,13H2. The van der Waals surface area contributed by atoms with E-state index in [9.17, 15) is 13.6 Å². The zero-order valence-electron chi connectivity index (χ0n) is 16.6. The molecule has 0 bridgehead atoms. The number of ether oxygens (including phenoxy) is 2. The van der Waals surface area contributed by atoms with E-state index in [1.807, 2.05) is 0 Å². The molecule has 1 N–H and O–H groups in total. The largest absolute Gasteiger partial charge is 0.487 e. The van der Waals surface area contributed by atoms with E-state index in [2.05, 4.69) is 15.3 Å². The summed E-state index contributed by atoms with van der Waals surface area (Å²) in [4.78, 5) is 22.2. The highest BCUT2D eigenvalue weighted by molar-refractivity contribution is 5.90. The maximum atomic E-state index is 14.5. The quantitative estimate of drug-likeness (QED) is 0.803. The molecular formula is C21H24F2N4O3. The van der Waals surface area contributed by atoms with Gasteiger partial charge in [0.15, 0.2) is 17.4 Å². The van der Waals surface area contributed by atoms with E-state index in [4.69, 9.17) is 9.47 Å². The van der Waals surface area contributed by atoms with Crippen molar-refractivity contribution >= 4 is 5.91 Å². The summed E-state index contributed by atoms with van der Waals surface area (Å²) in [7, 11) is 0. The Morgan fingerprint density at radius 3 is 2.37 bits per heavy atom. The summed E-state index contributed by atoms with van der Waals surface area (Å²) in [6, 6.07) is 2.39. The minimum absolute atomic E-state index is 0.0449. The van der Waals surface area contributed by atoms with Gasteiger partial charge in [-0.25, -0.2) is 18.7 Å². The van der Waals surface area contributed by atoms with Crippen molar-refractivity contribution in [1.29, 1.82) is 0 Å². The highest BCUT2D eigenvalue weighted by Gasteiger charge is 2.22. The lowest BCUT2D eigenvalue weighted by Crippen LogP contribution is -2.41. The Balaban J connectivity index is 1.45. The summed E-state index contributed by atoms with van der Waals surface area (Å²) in [6.45, 7) is 4.00. The van der Waals surface area contributed by atoms with Gasteiger partial charge in [-0.15, -0.1) is 0 Å². The zero-order chi connectivity index (χ0) is 20.9. The molecule has 9 heteroatoms. The maximum absolute atomic E-state index is 14.5. The molecular weight excluding hydrogens is 394 g/mol. The lowest BCUT2D eigenvalue weighted by Gasteiger charge is -2.26. The van der Waals surface area contributed by atoms with Crippen molar-refractivity contribution in [2.45, 2.75) is 12.8 Å². The summed E-state index contributed by atoms with van der Waals surface area (Å²) in [6.07, 6.45) is 4.64. The van der Waals surface area contributed by atoms with Gasteiger partial charge in [0.05, 0.1) is 19.8 Å². The number of hydrogen-bond donors (Lipinski definition) is 1. The fraction of sp³-hybridized carbons (Fsp3) is 0.476. The smallest absolute Gasteiger partial charge is 0.291 e. The lowest BCUT2D eigenvalue weighted by molar-refractivity contribution is 0.0295. The molecule has 1 aromatic heterocycles. The van der Waals surface area contributed by atoms with Crippen molar-refractivity contribution < 1.29 is 23.0 Å². The minimum atomic E-state index is -0.771. The molecule has 0 radical (unpaired) electrons. The highest BCUT2D eigenvalue weighted by Crippen LogP contribution is 2.29. The average Bonchev–Trinajstić information content (AvgIpc) is 2.79. The van der Waals surface area contributed by atoms with Crippen molar-refractivity contribution in [1.82, 2.24) is 20.2 Å². The van der Waals surface area contributed by atoms with E-state index in [1.54, 1.807) is 4.90 Å². The Kier molecular flexibility index (Phi) is 6.49. The first-order chi connectivity index (χ1) is 14.6. The maximum Gasteiger partial charge on any atom is 0.291 e. The molecule has 2 aliphatic rings. The molecule has 0 spiro atoms. The van der Waals surface area contributed by atoms with Crippen molar-refractivity contribution in [2.24, 2.45) is 5.92 Å². The second-order valence-electron chi connectivity index (χ2n) is 7.47. The number of benzene rings is 1. The number of carbonyl (C=O) groups is 1. The number of piperidine rings is 1. The second kappa shape index (κ2) is 9.44. The number of nitrogens with one attached hydrogen (secondary N) is 1.